The van der Waals surface area contributed by atoms with E-state index in [0.29, 0.717) is 0 Å². The number of nitrogens with zero attached hydrogens (tertiary/aromatic N) is 4. The molecular formula is C29H34ClN5O. The molecule has 2 aromatic carbocycles. The molecule has 6 nitrogen and oxygen atoms in total. The molecule has 3 heterocycles. The smallest absolute Gasteiger partial charge is 0.226 e. The van der Waals surface area contributed by atoms with Crippen molar-refractivity contribution in [2.24, 2.45) is 0 Å². The maximum atomic E-state index is 6.34. The average molecular weight is 504 g/mol. The van der Waals surface area contributed by atoms with Crippen molar-refractivity contribution in [3.05, 3.63) is 82.8 Å². The molecule has 36 heavy (non-hydrogen) atoms. The van der Waals surface area contributed by atoms with E-state index in [9.17, 15) is 0 Å². The third kappa shape index (κ3) is 5.20. The molecule has 2 aromatic heterocycles. The number of nitrogens with one attached hydrogen (secondary N) is 1. The molecule has 1 atom stereocenters. The van der Waals surface area contributed by atoms with Gasteiger partial charge in [-0.2, -0.15) is 0 Å². The summed E-state index contributed by atoms with van der Waals surface area (Å²) in [5.74, 6) is 1.64. The molecule has 7 heteroatoms. The van der Waals surface area contributed by atoms with Gasteiger partial charge in [0.2, 0.25) is 5.95 Å². The van der Waals surface area contributed by atoms with Crippen LogP contribution < -0.4 is 9.64 Å². The van der Waals surface area contributed by atoms with E-state index in [2.05, 4.69) is 75.0 Å². The van der Waals surface area contributed by atoms with Gasteiger partial charge in [-0.25, -0.2) is 9.97 Å². The number of unbranched alkanes of at least 4 members (excludes halogenated alkanes) is 1. The van der Waals surface area contributed by atoms with Crippen LogP contribution in [0, 0.1) is 0 Å². The number of H-pyrrole nitrogens is 1. The number of hydrogen-bond acceptors (Lipinski definition) is 5. The highest BCUT2D eigenvalue weighted by atomic mass is 35.5. The number of aromatic amines is 1. The van der Waals surface area contributed by atoms with Gasteiger partial charge in [-0.3, -0.25) is 0 Å². The fourth-order valence-corrected chi connectivity index (χ4v) is 5.35. The van der Waals surface area contributed by atoms with Crippen molar-refractivity contribution in [1.82, 2.24) is 19.9 Å². The molecule has 4 aromatic rings. The molecule has 0 saturated carbocycles. The number of fused-ring (bicyclic) bond motifs is 3. The van der Waals surface area contributed by atoms with E-state index in [1.807, 2.05) is 12.1 Å². The lowest BCUT2D eigenvalue weighted by Gasteiger charge is -2.36. The lowest BCUT2D eigenvalue weighted by molar-refractivity contribution is 0.266. The third-order valence-corrected chi connectivity index (χ3v) is 7.36. The van der Waals surface area contributed by atoms with Crippen molar-refractivity contribution in [3.63, 3.8) is 0 Å². The van der Waals surface area contributed by atoms with Crippen LogP contribution in [0.25, 0.3) is 10.9 Å². The summed E-state index contributed by atoms with van der Waals surface area (Å²) in [6.07, 6.45) is 6.72. The van der Waals surface area contributed by atoms with Crippen molar-refractivity contribution in [2.45, 2.75) is 39.2 Å². The van der Waals surface area contributed by atoms with Gasteiger partial charge in [0, 0.05) is 40.6 Å². The van der Waals surface area contributed by atoms with Gasteiger partial charge in [-0.05, 0) is 86.4 Å². The standard InChI is InChI=1S/C29H34ClN5O/c1-3-34(4-2)17-5-6-19-36-23-11-8-21(9-12-23)28-27-24(25-20-22(30)10-13-26(25)33-27)14-18-35(28)29-31-15-7-16-32-29/h7-13,15-16,20,28,33H,3-6,14,17-19H2,1-2H3/t28-/m0/s1. The molecule has 1 aliphatic rings. The van der Waals surface area contributed by atoms with E-state index in [0.717, 1.165) is 74.3 Å². The highest BCUT2D eigenvalue weighted by molar-refractivity contribution is 6.31. The number of ether oxygens (including phenoxy) is 1. The molecule has 188 valence electrons. The van der Waals surface area contributed by atoms with Gasteiger partial charge < -0.3 is 19.5 Å². The monoisotopic (exact) mass is 503 g/mol. The van der Waals surface area contributed by atoms with Crippen LogP contribution in [0.5, 0.6) is 5.75 Å². The van der Waals surface area contributed by atoms with Crippen LogP contribution in [0.15, 0.2) is 60.9 Å². The van der Waals surface area contributed by atoms with Crippen molar-refractivity contribution >= 4 is 28.5 Å². The topological polar surface area (TPSA) is 57.3 Å². The number of anilines is 1. The van der Waals surface area contributed by atoms with Crippen LogP contribution in [0.4, 0.5) is 5.95 Å². The normalized spacial score (nSPS) is 15.4. The molecule has 0 radical (unpaired) electrons. The summed E-state index contributed by atoms with van der Waals surface area (Å²) in [7, 11) is 0. The maximum Gasteiger partial charge on any atom is 0.226 e. The Kier molecular flexibility index (Phi) is 7.73. The van der Waals surface area contributed by atoms with E-state index in [4.69, 9.17) is 16.3 Å². The Balaban J connectivity index is 1.37. The predicted octanol–water partition coefficient (Wildman–Crippen LogP) is 6.26. The SMILES string of the molecule is CCN(CC)CCCCOc1ccc([C@H]2c3[nH]c4ccc(Cl)cc4c3CCN2c2ncccn2)cc1. The minimum Gasteiger partial charge on any atom is -0.494 e. The highest BCUT2D eigenvalue weighted by Gasteiger charge is 2.33. The minimum atomic E-state index is -0.0227. The second kappa shape index (κ2) is 11.3. The molecule has 0 fully saturated rings. The number of halogens is 1. The van der Waals surface area contributed by atoms with Crippen LogP contribution in [-0.4, -0.2) is 52.6 Å². The second-order valence-corrected chi connectivity index (χ2v) is 9.69. The van der Waals surface area contributed by atoms with Crippen LogP contribution in [0.1, 0.15) is 49.6 Å². The zero-order valence-electron chi connectivity index (χ0n) is 21.1. The lowest BCUT2D eigenvalue weighted by Crippen LogP contribution is -2.37. The summed E-state index contributed by atoms with van der Waals surface area (Å²) >= 11 is 6.34. The summed E-state index contributed by atoms with van der Waals surface area (Å²) in [6, 6.07) is 16.4. The molecule has 1 N–H and O–H groups in total. The Labute approximate surface area is 218 Å². The largest absolute Gasteiger partial charge is 0.494 e. The quantitative estimate of drug-likeness (QED) is 0.259. The van der Waals surface area contributed by atoms with Gasteiger partial charge in [-0.1, -0.05) is 37.6 Å². The van der Waals surface area contributed by atoms with Gasteiger partial charge in [-0.15, -0.1) is 0 Å². The molecule has 0 amide bonds. The number of rotatable bonds is 10. The Morgan fingerprint density at radius 2 is 1.83 bits per heavy atom. The van der Waals surface area contributed by atoms with Crippen molar-refractivity contribution in [1.29, 1.82) is 0 Å². The molecule has 0 spiro atoms. The van der Waals surface area contributed by atoms with E-state index < -0.39 is 0 Å². The van der Waals surface area contributed by atoms with Crippen LogP contribution in [-0.2, 0) is 6.42 Å². The fraction of sp³-hybridized carbons (Fsp3) is 0.379. The van der Waals surface area contributed by atoms with E-state index in [1.54, 1.807) is 12.4 Å². The Bertz CT molecular complexity index is 1270. The van der Waals surface area contributed by atoms with Crippen LogP contribution in [0.2, 0.25) is 5.02 Å². The van der Waals surface area contributed by atoms with Crippen LogP contribution >= 0.6 is 11.6 Å². The maximum absolute atomic E-state index is 6.34. The van der Waals surface area contributed by atoms with Gasteiger partial charge in [0.25, 0.3) is 0 Å². The minimum absolute atomic E-state index is 0.0227. The first-order valence-electron chi connectivity index (χ1n) is 13.0. The van der Waals surface area contributed by atoms with Gasteiger partial charge >= 0.3 is 0 Å². The zero-order valence-corrected chi connectivity index (χ0v) is 21.8. The fourth-order valence-electron chi connectivity index (χ4n) is 5.18. The molecule has 0 bridgehead atoms. The van der Waals surface area contributed by atoms with Crippen molar-refractivity contribution in [2.75, 3.05) is 37.7 Å². The Hall–Kier alpha value is -3.09. The number of hydrogen-bond donors (Lipinski definition) is 1. The molecule has 1 aliphatic heterocycles. The summed E-state index contributed by atoms with van der Waals surface area (Å²) in [5, 5.41) is 1.95. The first-order chi connectivity index (χ1) is 17.7. The molecule has 0 unspecified atom stereocenters. The lowest BCUT2D eigenvalue weighted by atomic mass is 9.92. The Morgan fingerprint density at radius 3 is 2.58 bits per heavy atom. The summed E-state index contributed by atoms with van der Waals surface area (Å²) in [6.45, 7) is 9.34. The molecular weight excluding hydrogens is 470 g/mol. The zero-order chi connectivity index (χ0) is 24.9. The van der Waals surface area contributed by atoms with Gasteiger partial charge in [0.15, 0.2) is 0 Å². The van der Waals surface area contributed by atoms with Crippen molar-refractivity contribution in [3.8, 4) is 5.75 Å². The second-order valence-electron chi connectivity index (χ2n) is 9.25. The van der Waals surface area contributed by atoms with Crippen molar-refractivity contribution < 1.29 is 4.74 Å². The highest BCUT2D eigenvalue weighted by Crippen LogP contribution is 2.40. The molecule has 5 rings (SSSR count). The average Bonchev–Trinajstić information content (AvgIpc) is 3.29. The number of aromatic nitrogens is 3. The van der Waals surface area contributed by atoms with E-state index in [1.165, 1.54) is 22.2 Å². The molecule has 0 saturated heterocycles. The predicted molar refractivity (Wildman–Crippen MR) is 147 cm³/mol. The van der Waals surface area contributed by atoms with E-state index in [-0.39, 0.29) is 6.04 Å². The van der Waals surface area contributed by atoms with E-state index >= 15 is 0 Å². The number of benzene rings is 2. The summed E-state index contributed by atoms with van der Waals surface area (Å²) in [5.41, 5.74) is 4.78. The Morgan fingerprint density at radius 1 is 1.06 bits per heavy atom. The first kappa shape index (κ1) is 24.6. The van der Waals surface area contributed by atoms with Crippen LogP contribution in [0.3, 0.4) is 0 Å². The molecule has 0 aliphatic carbocycles. The summed E-state index contributed by atoms with van der Waals surface area (Å²) in [4.78, 5) is 17.6. The first-order valence-corrected chi connectivity index (χ1v) is 13.3. The van der Waals surface area contributed by atoms with Gasteiger partial charge in [0.05, 0.1) is 12.6 Å². The third-order valence-electron chi connectivity index (χ3n) is 7.13. The van der Waals surface area contributed by atoms with Gasteiger partial charge in [0.1, 0.15) is 5.75 Å². The summed E-state index contributed by atoms with van der Waals surface area (Å²) < 4.78 is 6.06.